The molecule has 15 heavy (non-hydrogen) atoms. The van der Waals surface area contributed by atoms with Crippen molar-refractivity contribution in [1.29, 1.82) is 0 Å². The Morgan fingerprint density at radius 2 is 1.93 bits per heavy atom. The van der Waals surface area contributed by atoms with Gasteiger partial charge >= 0.3 is 0 Å². The van der Waals surface area contributed by atoms with Crippen molar-refractivity contribution in [3.63, 3.8) is 0 Å². The molecule has 1 unspecified atom stereocenters. The normalized spacial score (nSPS) is 22.2. The minimum absolute atomic E-state index is 0.00315. The van der Waals surface area contributed by atoms with E-state index in [1.165, 1.54) is 25.7 Å². The Balaban J connectivity index is 2.53. The van der Waals surface area contributed by atoms with Crippen molar-refractivity contribution >= 4 is 0 Å². The van der Waals surface area contributed by atoms with Gasteiger partial charge in [0.15, 0.2) is 0 Å². The van der Waals surface area contributed by atoms with Gasteiger partial charge in [-0.15, -0.1) is 0 Å². The van der Waals surface area contributed by atoms with E-state index in [0.717, 1.165) is 18.8 Å². The molecular weight excluding hydrogens is 186 g/mol. The van der Waals surface area contributed by atoms with Gasteiger partial charge in [0.1, 0.15) is 0 Å². The molecule has 1 aliphatic rings. The van der Waals surface area contributed by atoms with Crippen LogP contribution in [0.2, 0.25) is 0 Å². The van der Waals surface area contributed by atoms with E-state index >= 15 is 0 Å². The summed E-state index contributed by atoms with van der Waals surface area (Å²) in [6.07, 6.45) is 7.64. The molecule has 1 fully saturated rings. The highest BCUT2D eigenvalue weighted by Gasteiger charge is 2.32. The van der Waals surface area contributed by atoms with E-state index in [0.29, 0.717) is 12.5 Å². The maximum Gasteiger partial charge on any atom is 0.0499 e. The molecule has 0 bridgehead atoms. The minimum Gasteiger partial charge on any atom is -0.396 e. The molecule has 90 valence electrons. The van der Waals surface area contributed by atoms with Crippen molar-refractivity contribution in [3.8, 4) is 0 Å². The van der Waals surface area contributed by atoms with Crippen LogP contribution < -0.4 is 5.73 Å². The van der Waals surface area contributed by atoms with E-state index in [4.69, 9.17) is 5.73 Å². The Hall–Kier alpha value is -0.0800. The molecule has 0 amide bonds. The van der Waals surface area contributed by atoms with Gasteiger partial charge in [-0.25, -0.2) is 0 Å². The second kappa shape index (κ2) is 5.86. The van der Waals surface area contributed by atoms with Crippen LogP contribution >= 0.6 is 0 Å². The van der Waals surface area contributed by atoms with Crippen LogP contribution in [0, 0.1) is 17.3 Å². The van der Waals surface area contributed by atoms with Crippen molar-refractivity contribution in [2.75, 3.05) is 13.2 Å². The molecule has 0 aromatic heterocycles. The van der Waals surface area contributed by atoms with Crippen LogP contribution in [-0.2, 0) is 0 Å². The van der Waals surface area contributed by atoms with Crippen LogP contribution in [0.5, 0.6) is 0 Å². The van der Waals surface area contributed by atoms with Crippen LogP contribution in [0.1, 0.15) is 52.4 Å². The van der Waals surface area contributed by atoms with E-state index in [1.54, 1.807) is 0 Å². The molecule has 0 heterocycles. The van der Waals surface area contributed by atoms with Crippen LogP contribution in [0.25, 0.3) is 0 Å². The summed E-state index contributed by atoms with van der Waals surface area (Å²) < 4.78 is 0. The predicted octanol–water partition coefficient (Wildman–Crippen LogP) is 2.55. The van der Waals surface area contributed by atoms with E-state index in [-0.39, 0.29) is 12.0 Å². The quantitative estimate of drug-likeness (QED) is 0.712. The second-order valence-corrected chi connectivity index (χ2v) is 5.81. The zero-order chi connectivity index (χ0) is 11.3. The average Bonchev–Trinajstić information content (AvgIpc) is 2.68. The first kappa shape index (κ1) is 13.0. The van der Waals surface area contributed by atoms with Crippen molar-refractivity contribution in [3.05, 3.63) is 0 Å². The third-order valence-corrected chi connectivity index (χ3v) is 3.81. The molecule has 3 N–H and O–H groups in total. The lowest BCUT2D eigenvalue weighted by molar-refractivity contribution is 0.0811. The molecular formula is C13H27NO. The number of hydrogen-bond acceptors (Lipinski definition) is 2. The smallest absolute Gasteiger partial charge is 0.0499 e. The molecule has 0 saturated heterocycles. The summed E-state index contributed by atoms with van der Waals surface area (Å²) in [4.78, 5) is 0. The summed E-state index contributed by atoms with van der Waals surface area (Å²) in [6.45, 7) is 5.33. The molecule has 2 nitrogen and oxygen atoms in total. The summed E-state index contributed by atoms with van der Waals surface area (Å²) in [5, 5.41) is 9.61. The van der Waals surface area contributed by atoms with Crippen LogP contribution in [0.3, 0.4) is 0 Å². The van der Waals surface area contributed by atoms with Gasteiger partial charge in [-0.05, 0) is 24.7 Å². The largest absolute Gasteiger partial charge is 0.396 e. The fourth-order valence-corrected chi connectivity index (χ4v) is 3.14. The standard InChI is InChI=1S/C13H27NO/c1-11(2)7-13(9-14,10-15)8-12-5-3-4-6-12/h11-12,15H,3-10,14H2,1-2H3. The fourth-order valence-electron chi connectivity index (χ4n) is 3.14. The van der Waals surface area contributed by atoms with Gasteiger partial charge in [0.2, 0.25) is 0 Å². The molecule has 0 aliphatic heterocycles. The minimum atomic E-state index is 0.00315. The lowest BCUT2D eigenvalue weighted by Gasteiger charge is -2.34. The molecule has 0 radical (unpaired) electrons. The van der Waals surface area contributed by atoms with Gasteiger partial charge in [-0.1, -0.05) is 39.5 Å². The average molecular weight is 213 g/mol. The van der Waals surface area contributed by atoms with E-state index in [2.05, 4.69) is 13.8 Å². The molecule has 2 heteroatoms. The fraction of sp³-hybridized carbons (Fsp3) is 1.00. The number of nitrogens with two attached hydrogens (primary N) is 1. The first-order chi connectivity index (χ1) is 7.12. The Bertz CT molecular complexity index is 169. The van der Waals surface area contributed by atoms with Crippen LogP contribution in [0.15, 0.2) is 0 Å². The Kier molecular flexibility index (Phi) is 5.07. The van der Waals surface area contributed by atoms with Crippen LogP contribution in [-0.4, -0.2) is 18.3 Å². The first-order valence-corrected chi connectivity index (χ1v) is 6.43. The number of rotatable bonds is 6. The molecule has 1 aliphatic carbocycles. The second-order valence-electron chi connectivity index (χ2n) is 5.81. The van der Waals surface area contributed by atoms with Gasteiger partial charge in [0, 0.05) is 18.6 Å². The van der Waals surface area contributed by atoms with Crippen LogP contribution in [0.4, 0.5) is 0 Å². The number of hydrogen-bond donors (Lipinski definition) is 2. The number of aliphatic hydroxyl groups excluding tert-OH is 1. The molecule has 1 rings (SSSR count). The van der Waals surface area contributed by atoms with Gasteiger partial charge in [0.25, 0.3) is 0 Å². The molecule has 0 spiro atoms. The molecule has 0 aromatic carbocycles. The first-order valence-electron chi connectivity index (χ1n) is 6.43. The highest BCUT2D eigenvalue weighted by atomic mass is 16.3. The lowest BCUT2D eigenvalue weighted by Crippen LogP contribution is -2.37. The third kappa shape index (κ3) is 3.76. The van der Waals surface area contributed by atoms with E-state index in [9.17, 15) is 5.11 Å². The van der Waals surface area contributed by atoms with Crippen molar-refractivity contribution in [1.82, 2.24) is 0 Å². The summed E-state index contributed by atoms with van der Waals surface area (Å²) in [7, 11) is 0. The SMILES string of the molecule is CC(C)CC(CN)(CO)CC1CCCC1. The van der Waals surface area contributed by atoms with Crippen molar-refractivity contribution in [2.24, 2.45) is 23.0 Å². The maximum atomic E-state index is 9.61. The molecule has 1 atom stereocenters. The zero-order valence-electron chi connectivity index (χ0n) is 10.3. The topological polar surface area (TPSA) is 46.2 Å². The van der Waals surface area contributed by atoms with Crippen molar-refractivity contribution in [2.45, 2.75) is 52.4 Å². The van der Waals surface area contributed by atoms with Gasteiger partial charge < -0.3 is 10.8 Å². The summed E-state index contributed by atoms with van der Waals surface area (Å²) in [6, 6.07) is 0. The van der Waals surface area contributed by atoms with E-state index < -0.39 is 0 Å². The monoisotopic (exact) mass is 213 g/mol. The lowest BCUT2D eigenvalue weighted by atomic mass is 9.74. The van der Waals surface area contributed by atoms with Crippen molar-refractivity contribution < 1.29 is 5.11 Å². The summed E-state index contributed by atoms with van der Waals surface area (Å²) >= 11 is 0. The predicted molar refractivity (Wildman–Crippen MR) is 64.6 cm³/mol. The Morgan fingerprint density at radius 1 is 1.33 bits per heavy atom. The van der Waals surface area contributed by atoms with Gasteiger partial charge in [-0.3, -0.25) is 0 Å². The molecule has 0 aromatic rings. The summed E-state index contributed by atoms with van der Waals surface area (Å²) in [5.41, 5.74) is 5.89. The van der Waals surface area contributed by atoms with Gasteiger partial charge in [0.05, 0.1) is 0 Å². The zero-order valence-corrected chi connectivity index (χ0v) is 10.3. The highest BCUT2D eigenvalue weighted by molar-refractivity contribution is 4.85. The Morgan fingerprint density at radius 3 is 2.33 bits per heavy atom. The highest BCUT2D eigenvalue weighted by Crippen LogP contribution is 2.38. The number of aliphatic hydroxyl groups is 1. The maximum absolute atomic E-state index is 9.61. The van der Waals surface area contributed by atoms with E-state index in [1.807, 2.05) is 0 Å². The summed E-state index contributed by atoms with van der Waals surface area (Å²) in [5.74, 6) is 1.45. The Labute approximate surface area is 94.2 Å². The van der Waals surface area contributed by atoms with Gasteiger partial charge in [-0.2, -0.15) is 0 Å². The molecule has 1 saturated carbocycles. The third-order valence-electron chi connectivity index (χ3n) is 3.81.